The molecule has 1 aliphatic carbocycles. The van der Waals surface area contributed by atoms with E-state index >= 15 is 0 Å². The van der Waals surface area contributed by atoms with Crippen LogP contribution < -0.4 is 0 Å². The number of carbonyl (C=O) groups excluding carboxylic acids is 2. The van der Waals surface area contributed by atoms with Crippen molar-refractivity contribution < 1.29 is 14.7 Å². The molecule has 5 heteroatoms. The second-order valence-electron chi connectivity index (χ2n) is 5.71. The van der Waals surface area contributed by atoms with E-state index in [9.17, 15) is 14.7 Å². The highest BCUT2D eigenvalue weighted by atomic mass is 35.5. The molecule has 1 atom stereocenters. The predicted molar refractivity (Wildman–Crippen MR) is 83.8 cm³/mol. The Hall–Kier alpha value is -1.81. The minimum atomic E-state index is -0.510. The highest BCUT2D eigenvalue weighted by Crippen LogP contribution is 2.39. The molecule has 4 nitrogen and oxygen atoms in total. The topological polar surface area (TPSA) is 57.6 Å². The monoisotopic (exact) mass is 319 g/mol. The lowest BCUT2D eigenvalue weighted by atomic mass is 9.82. The highest BCUT2D eigenvalue weighted by Gasteiger charge is 2.38. The summed E-state index contributed by atoms with van der Waals surface area (Å²) in [5, 5.41) is 10.3. The smallest absolute Gasteiger partial charge is 0.238 e. The summed E-state index contributed by atoms with van der Waals surface area (Å²) < 4.78 is 0. The number of fused-ring (bicyclic) bond motifs is 1. The van der Waals surface area contributed by atoms with Crippen LogP contribution in [0.1, 0.15) is 36.4 Å². The number of allylic oxidation sites excluding steroid dienone is 1. The number of amides is 1. The lowest BCUT2D eigenvalue weighted by molar-refractivity contribution is -0.131. The Morgan fingerprint density at radius 3 is 2.77 bits per heavy atom. The quantitative estimate of drug-likeness (QED) is 0.853. The standard InChI is InChI=1S/C17H18ClNO3/c18-10-15(22)19-9-8-11-4-1-2-5-12(11)17(19)16-13(20)6-3-7-14(16)21/h1-2,4-5,17,20H,3,6-10H2/t17-/m0/s1. The number of hydrogen-bond donors (Lipinski definition) is 1. The summed E-state index contributed by atoms with van der Waals surface area (Å²) in [6.07, 6.45) is 2.30. The van der Waals surface area contributed by atoms with Crippen LogP contribution in [-0.4, -0.2) is 34.1 Å². The minimum Gasteiger partial charge on any atom is -0.512 e. The van der Waals surface area contributed by atoms with E-state index in [0.29, 0.717) is 31.4 Å². The molecular weight excluding hydrogens is 302 g/mol. The molecule has 22 heavy (non-hydrogen) atoms. The number of aliphatic hydroxyl groups is 1. The summed E-state index contributed by atoms with van der Waals surface area (Å²) in [6.45, 7) is 0.511. The lowest BCUT2D eigenvalue weighted by Gasteiger charge is -2.39. The van der Waals surface area contributed by atoms with Crippen molar-refractivity contribution in [1.82, 2.24) is 4.90 Å². The summed E-state index contributed by atoms with van der Waals surface area (Å²) in [6, 6.07) is 7.27. The number of carbonyl (C=O) groups is 2. The van der Waals surface area contributed by atoms with E-state index in [1.807, 2.05) is 24.3 Å². The van der Waals surface area contributed by atoms with Crippen LogP contribution in [0.25, 0.3) is 0 Å². The fourth-order valence-corrected chi connectivity index (χ4v) is 3.53. The summed E-state index contributed by atoms with van der Waals surface area (Å²) in [5.41, 5.74) is 2.41. The number of Topliss-reactive ketones (excluding diaryl/α,β-unsaturated/α-hetero) is 1. The van der Waals surface area contributed by atoms with Gasteiger partial charge in [0.25, 0.3) is 0 Å². The molecule has 0 unspecified atom stereocenters. The molecule has 1 aromatic rings. The van der Waals surface area contributed by atoms with E-state index in [1.165, 1.54) is 0 Å². The van der Waals surface area contributed by atoms with Gasteiger partial charge in [0.05, 0.1) is 11.6 Å². The summed E-state index contributed by atoms with van der Waals surface area (Å²) in [5.74, 6) is -0.288. The van der Waals surface area contributed by atoms with Gasteiger partial charge in [0.1, 0.15) is 11.6 Å². The van der Waals surface area contributed by atoms with Crippen LogP contribution in [0.4, 0.5) is 0 Å². The van der Waals surface area contributed by atoms with E-state index in [-0.39, 0.29) is 23.3 Å². The molecule has 3 rings (SSSR count). The summed E-state index contributed by atoms with van der Waals surface area (Å²) in [4.78, 5) is 26.2. The molecule has 0 saturated carbocycles. The molecule has 1 aliphatic heterocycles. The van der Waals surface area contributed by atoms with Gasteiger partial charge in [0.15, 0.2) is 5.78 Å². The van der Waals surface area contributed by atoms with Crippen LogP contribution in [0.2, 0.25) is 0 Å². The van der Waals surface area contributed by atoms with E-state index in [1.54, 1.807) is 4.90 Å². The van der Waals surface area contributed by atoms with Crippen molar-refractivity contribution in [2.45, 2.75) is 31.7 Å². The van der Waals surface area contributed by atoms with Crippen LogP contribution in [-0.2, 0) is 16.0 Å². The zero-order valence-corrected chi connectivity index (χ0v) is 13.0. The van der Waals surface area contributed by atoms with Gasteiger partial charge in [-0.3, -0.25) is 9.59 Å². The van der Waals surface area contributed by atoms with E-state index in [4.69, 9.17) is 11.6 Å². The second kappa shape index (κ2) is 6.13. The zero-order chi connectivity index (χ0) is 15.7. The van der Waals surface area contributed by atoms with Crippen LogP contribution in [0.3, 0.4) is 0 Å². The first-order valence-corrected chi connectivity index (χ1v) is 8.05. The Bertz CT molecular complexity index is 653. The number of halogens is 1. The second-order valence-corrected chi connectivity index (χ2v) is 5.98. The van der Waals surface area contributed by atoms with Gasteiger partial charge < -0.3 is 10.0 Å². The molecule has 1 heterocycles. The predicted octanol–water partition coefficient (Wildman–Crippen LogP) is 2.92. The van der Waals surface area contributed by atoms with Gasteiger partial charge >= 0.3 is 0 Å². The third kappa shape index (κ3) is 2.52. The first-order valence-electron chi connectivity index (χ1n) is 7.52. The van der Waals surface area contributed by atoms with Gasteiger partial charge in [-0.1, -0.05) is 24.3 Å². The Kier molecular flexibility index (Phi) is 4.21. The molecule has 0 bridgehead atoms. The SMILES string of the molecule is O=C1CCCC(O)=C1[C@@H]1c2ccccc2CCN1C(=O)CCl. The van der Waals surface area contributed by atoms with Crippen LogP contribution in [0.5, 0.6) is 0 Å². The maximum atomic E-state index is 12.4. The molecule has 1 aromatic carbocycles. The molecule has 1 amide bonds. The average molecular weight is 320 g/mol. The number of aliphatic hydroxyl groups excluding tert-OH is 1. The van der Waals surface area contributed by atoms with E-state index < -0.39 is 6.04 Å². The van der Waals surface area contributed by atoms with Gasteiger partial charge in [-0.2, -0.15) is 0 Å². The van der Waals surface area contributed by atoms with Crippen molar-refractivity contribution in [3.05, 3.63) is 46.7 Å². The van der Waals surface area contributed by atoms with Crippen molar-refractivity contribution in [2.75, 3.05) is 12.4 Å². The van der Waals surface area contributed by atoms with E-state index in [2.05, 4.69) is 0 Å². The number of rotatable bonds is 2. The first-order chi connectivity index (χ1) is 10.6. The van der Waals surface area contributed by atoms with Crippen molar-refractivity contribution in [3.63, 3.8) is 0 Å². The zero-order valence-electron chi connectivity index (χ0n) is 12.2. The van der Waals surface area contributed by atoms with Crippen molar-refractivity contribution in [3.8, 4) is 0 Å². The maximum Gasteiger partial charge on any atom is 0.238 e. The fourth-order valence-electron chi connectivity index (χ4n) is 3.38. The number of alkyl halides is 1. The van der Waals surface area contributed by atoms with Gasteiger partial charge in [0.2, 0.25) is 5.91 Å². The third-order valence-corrected chi connectivity index (χ3v) is 4.65. The van der Waals surface area contributed by atoms with Crippen molar-refractivity contribution in [1.29, 1.82) is 0 Å². The van der Waals surface area contributed by atoms with Crippen LogP contribution in [0.15, 0.2) is 35.6 Å². The lowest BCUT2D eigenvalue weighted by Crippen LogP contribution is -2.43. The van der Waals surface area contributed by atoms with Crippen molar-refractivity contribution >= 4 is 23.3 Å². The molecule has 116 valence electrons. The molecule has 0 spiro atoms. The van der Waals surface area contributed by atoms with Gasteiger partial charge in [-0.05, 0) is 24.0 Å². The van der Waals surface area contributed by atoms with E-state index in [0.717, 1.165) is 17.5 Å². The molecule has 1 N–H and O–H groups in total. The number of benzene rings is 1. The summed E-state index contributed by atoms with van der Waals surface area (Å²) in [7, 11) is 0. The third-order valence-electron chi connectivity index (χ3n) is 4.42. The molecule has 0 radical (unpaired) electrons. The first kappa shape index (κ1) is 15.1. The largest absolute Gasteiger partial charge is 0.512 e. The normalized spacial score (nSPS) is 21.8. The Morgan fingerprint density at radius 1 is 1.27 bits per heavy atom. The number of ketones is 1. The molecule has 0 fully saturated rings. The Labute approximate surface area is 134 Å². The molecule has 0 saturated heterocycles. The highest BCUT2D eigenvalue weighted by molar-refractivity contribution is 6.27. The van der Waals surface area contributed by atoms with Gasteiger partial charge in [-0.25, -0.2) is 0 Å². The Balaban J connectivity index is 2.14. The van der Waals surface area contributed by atoms with Crippen molar-refractivity contribution in [2.24, 2.45) is 0 Å². The molecule has 2 aliphatic rings. The average Bonchev–Trinajstić information content (AvgIpc) is 2.54. The van der Waals surface area contributed by atoms with Gasteiger partial charge in [-0.15, -0.1) is 11.6 Å². The fraction of sp³-hybridized carbons (Fsp3) is 0.412. The summed E-state index contributed by atoms with van der Waals surface area (Å²) >= 11 is 5.73. The Morgan fingerprint density at radius 2 is 2.05 bits per heavy atom. The van der Waals surface area contributed by atoms with Crippen LogP contribution in [0, 0.1) is 0 Å². The minimum absolute atomic E-state index is 0.0715. The number of hydrogen-bond acceptors (Lipinski definition) is 3. The number of nitrogens with zero attached hydrogens (tertiary/aromatic N) is 1. The molecule has 0 aromatic heterocycles. The van der Waals surface area contributed by atoms with Gasteiger partial charge in [0, 0.05) is 19.4 Å². The molecular formula is C17H18ClNO3. The van der Waals surface area contributed by atoms with Crippen LogP contribution >= 0.6 is 11.6 Å². The maximum absolute atomic E-state index is 12.4.